The molecule has 1 rings (SSSR count). The van der Waals surface area contributed by atoms with E-state index in [1.807, 2.05) is 18.4 Å². The number of carbonyl (C=O) groups is 1. The molecule has 0 fully saturated rings. The number of amides is 1. The Bertz CT molecular complexity index is 414. The smallest absolute Gasteiger partial charge is 0.263 e. The van der Waals surface area contributed by atoms with E-state index in [4.69, 9.17) is 18.0 Å². The molecule has 0 spiro atoms. The number of nitrogens with two attached hydrogens (primary N) is 1. The van der Waals surface area contributed by atoms with Gasteiger partial charge in [0.25, 0.3) is 5.91 Å². The summed E-state index contributed by atoms with van der Waals surface area (Å²) >= 11 is 6.40. The van der Waals surface area contributed by atoms with Crippen molar-refractivity contribution in [3.05, 3.63) is 21.9 Å². The van der Waals surface area contributed by atoms with Gasteiger partial charge in [-0.25, -0.2) is 0 Å². The number of thiophene rings is 1. The van der Waals surface area contributed by atoms with Crippen LogP contribution in [-0.2, 0) is 6.42 Å². The van der Waals surface area contributed by atoms with E-state index in [-0.39, 0.29) is 11.8 Å². The average Bonchev–Trinajstić information content (AvgIpc) is 2.75. The van der Waals surface area contributed by atoms with E-state index in [2.05, 4.69) is 6.92 Å². The molecule has 5 heteroatoms. The molecular formula is C12H18N2OS2. The zero-order chi connectivity index (χ0) is 13.0. The van der Waals surface area contributed by atoms with Gasteiger partial charge >= 0.3 is 0 Å². The molecule has 0 radical (unpaired) electrons. The van der Waals surface area contributed by atoms with Gasteiger partial charge < -0.3 is 10.6 Å². The van der Waals surface area contributed by atoms with Crippen molar-refractivity contribution in [3.63, 3.8) is 0 Å². The number of carbonyl (C=O) groups excluding carboxylic acids is 1. The molecule has 1 atom stereocenters. The van der Waals surface area contributed by atoms with E-state index in [0.717, 1.165) is 16.9 Å². The molecule has 0 bridgehead atoms. The fourth-order valence-electron chi connectivity index (χ4n) is 1.56. The Balaban J connectivity index is 2.73. The number of hydrogen-bond donors (Lipinski definition) is 1. The number of hydrogen-bond acceptors (Lipinski definition) is 3. The third kappa shape index (κ3) is 3.51. The fourth-order valence-corrected chi connectivity index (χ4v) is 2.62. The van der Waals surface area contributed by atoms with Crippen molar-refractivity contribution < 1.29 is 4.79 Å². The quantitative estimate of drug-likeness (QED) is 0.835. The van der Waals surface area contributed by atoms with E-state index >= 15 is 0 Å². The lowest BCUT2D eigenvalue weighted by Gasteiger charge is -2.20. The summed E-state index contributed by atoms with van der Waals surface area (Å²) in [6, 6.07) is 2.00. The minimum atomic E-state index is 0.0454. The summed E-state index contributed by atoms with van der Waals surface area (Å²) in [4.78, 5) is 15.2. The molecule has 94 valence electrons. The lowest BCUT2D eigenvalue weighted by atomic mass is 10.1. The molecule has 0 aliphatic rings. The van der Waals surface area contributed by atoms with Gasteiger partial charge in [0, 0.05) is 19.5 Å². The second-order valence-corrected chi connectivity index (χ2v) is 5.51. The van der Waals surface area contributed by atoms with Gasteiger partial charge in [-0.15, -0.1) is 11.3 Å². The summed E-state index contributed by atoms with van der Waals surface area (Å²) in [6.07, 6.45) is 0.878. The highest BCUT2D eigenvalue weighted by molar-refractivity contribution is 7.80. The van der Waals surface area contributed by atoms with Gasteiger partial charge in [-0.3, -0.25) is 4.79 Å². The third-order valence-corrected chi connectivity index (χ3v) is 4.05. The second kappa shape index (κ2) is 6.12. The first kappa shape index (κ1) is 14.1. The molecule has 1 unspecified atom stereocenters. The summed E-state index contributed by atoms with van der Waals surface area (Å²) in [7, 11) is 1.79. The highest BCUT2D eigenvalue weighted by atomic mass is 32.1. The molecular weight excluding hydrogens is 252 g/mol. The maximum Gasteiger partial charge on any atom is 0.263 e. The van der Waals surface area contributed by atoms with Crippen LogP contribution >= 0.6 is 23.6 Å². The molecule has 1 amide bonds. The topological polar surface area (TPSA) is 46.3 Å². The summed E-state index contributed by atoms with van der Waals surface area (Å²) in [5.41, 5.74) is 6.66. The van der Waals surface area contributed by atoms with Crippen LogP contribution in [0.3, 0.4) is 0 Å². The molecule has 2 N–H and O–H groups in total. The standard InChI is InChI=1S/C12H18N2OS2/c1-4-9-5-6-17-10(9)12(15)14(3)7-8(2)11(13)16/h5-6,8H,4,7H2,1-3H3,(H2,13,16). The van der Waals surface area contributed by atoms with Gasteiger partial charge in [0.1, 0.15) is 0 Å². The van der Waals surface area contributed by atoms with Crippen LogP contribution in [0.15, 0.2) is 11.4 Å². The van der Waals surface area contributed by atoms with Crippen LogP contribution in [0.1, 0.15) is 29.1 Å². The minimum absolute atomic E-state index is 0.0454. The molecule has 1 aromatic rings. The van der Waals surface area contributed by atoms with Gasteiger partial charge in [-0.2, -0.15) is 0 Å². The second-order valence-electron chi connectivity index (χ2n) is 4.12. The van der Waals surface area contributed by atoms with Crippen LogP contribution in [0.2, 0.25) is 0 Å². The molecule has 0 aliphatic heterocycles. The molecule has 3 nitrogen and oxygen atoms in total. The molecule has 0 aliphatic carbocycles. The first-order chi connectivity index (χ1) is 7.97. The minimum Gasteiger partial charge on any atom is -0.393 e. The van der Waals surface area contributed by atoms with Crippen LogP contribution in [0, 0.1) is 5.92 Å². The van der Waals surface area contributed by atoms with E-state index in [9.17, 15) is 4.79 Å². The van der Waals surface area contributed by atoms with Crippen LogP contribution in [0.4, 0.5) is 0 Å². The zero-order valence-electron chi connectivity index (χ0n) is 10.4. The van der Waals surface area contributed by atoms with Crippen molar-refractivity contribution in [3.8, 4) is 0 Å². The summed E-state index contributed by atoms with van der Waals surface area (Å²) in [6.45, 7) is 4.55. The summed E-state index contributed by atoms with van der Waals surface area (Å²) in [5, 5.41) is 1.96. The molecule has 1 heterocycles. The van der Waals surface area contributed by atoms with E-state index in [0.29, 0.717) is 11.5 Å². The maximum absolute atomic E-state index is 12.2. The van der Waals surface area contributed by atoms with Gasteiger partial charge in [0.05, 0.1) is 9.87 Å². The van der Waals surface area contributed by atoms with Gasteiger partial charge in [0.15, 0.2) is 0 Å². The fraction of sp³-hybridized carbons (Fsp3) is 0.500. The first-order valence-electron chi connectivity index (χ1n) is 5.58. The number of rotatable bonds is 5. The molecule has 0 aromatic carbocycles. The number of thiocarbonyl (C=S) groups is 1. The Morgan fingerprint density at radius 2 is 2.29 bits per heavy atom. The Morgan fingerprint density at radius 3 is 2.82 bits per heavy atom. The lowest BCUT2D eigenvalue weighted by Crippen LogP contribution is -2.35. The van der Waals surface area contributed by atoms with Gasteiger partial charge in [-0.1, -0.05) is 26.1 Å². The molecule has 0 saturated heterocycles. The van der Waals surface area contributed by atoms with Crippen molar-refractivity contribution in [2.75, 3.05) is 13.6 Å². The largest absolute Gasteiger partial charge is 0.393 e. The lowest BCUT2D eigenvalue weighted by molar-refractivity contribution is 0.0791. The molecule has 0 saturated carbocycles. The SMILES string of the molecule is CCc1ccsc1C(=O)N(C)CC(C)C(N)=S. The van der Waals surface area contributed by atoms with Gasteiger partial charge in [-0.05, 0) is 23.4 Å². The normalized spacial score (nSPS) is 12.2. The number of nitrogens with zero attached hydrogens (tertiary/aromatic N) is 1. The Kier molecular flexibility index (Phi) is 5.08. The van der Waals surface area contributed by atoms with Crippen molar-refractivity contribution in [2.24, 2.45) is 11.7 Å². The van der Waals surface area contributed by atoms with Crippen molar-refractivity contribution in [2.45, 2.75) is 20.3 Å². The van der Waals surface area contributed by atoms with Gasteiger partial charge in [0.2, 0.25) is 0 Å². The Labute approximate surface area is 112 Å². The Morgan fingerprint density at radius 1 is 1.65 bits per heavy atom. The van der Waals surface area contributed by atoms with Crippen molar-refractivity contribution >= 4 is 34.5 Å². The highest BCUT2D eigenvalue weighted by Crippen LogP contribution is 2.19. The Hall–Kier alpha value is -0.940. The van der Waals surface area contributed by atoms with E-state index < -0.39 is 0 Å². The van der Waals surface area contributed by atoms with Crippen LogP contribution in [0.25, 0.3) is 0 Å². The predicted molar refractivity (Wildman–Crippen MR) is 76.6 cm³/mol. The maximum atomic E-state index is 12.2. The summed E-state index contributed by atoms with van der Waals surface area (Å²) in [5.74, 6) is 0.101. The monoisotopic (exact) mass is 270 g/mol. The zero-order valence-corrected chi connectivity index (χ0v) is 12.0. The van der Waals surface area contributed by atoms with Crippen LogP contribution in [0.5, 0.6) is 0 Å². The number of aryl methyl sites for hydroxylation is 1. The van der Waals surface area contributed by atoms with E-state index in [1.165, 1.54) is 11.3 Å². The van der Waals surface area contributed by atoms with Crippen LogP contribution < -0.4 is 5.73 Å². The molecule has 1 aromatic heterocycles. The predicted octanol–water partition coefficient (Wildman–Crippen LogP) is 2.30. The van der Waals surface area contributed by atoms with Crippen LogP contribution in [-0.4, -0.2) is 29.4 Å². The van der Waals surface area contributed by atoms with E-state index in [1.54, 1.807) is 11.9 Å². The third-order valence-electron chi connectivity index (χ3n) is 2.70. The highest BCUT2D eigenvalue weighted by Gasteiger charge is 2.18. The van der Waals surface area contributed by atoms with Crippen molar-refractivity contribution in [1.29, 1.82) is 0 Å². The average molecular weight is 270 g/mol. The molecule has 17 heavy (non-hydrogen) atoms. The first-order valence-corrected chi connectivity index (χ1v) is 6.87. The summed E-state index contributed by atoms with van der Waals surface area (Å²) < 4.78 is 0. The van der Waals surface area contributed by atoms with Crippen molar-refractivity contribution in [1.82, 2.24) is 4.90 Å².